The summed E-state index contributed by atoms with van der Waals surface area (Å²) in [5, 5.41) is 29.3. The smallest absolute Gasteiger partial charge is 0.195 e. The number of fused-ring (bicyclic) bond motifs is 2. The van der Waals surface area contributed by atoms with E-state index < -0.39 is 11.2 Å². The molecule has 5 aromatic rings. The van der Waals surface area contributed by atoms with Gasteiger partial charge in [0.1, 0.15) is 11.2 Å². The molecule has 0 aliphatic heterocycles. The van der Waals surface area contributed by atoms with Crippen LogP contribution in [0.3, 0.4) is 0 Å². The number of hydrogen-bond donors (Lipinski definition) is 3. The van der Waals surface area contributed by atoms with Crippen LogP contribution in [0.4, 0.5) is 0 Å². The van der Waals surface area contributed by atoms with Gasteiger partial charge >= 0.3 is 0 Å². The molecule has 1 aliphatic rings. The van der Waals surface area contributed by atoms with Crippen molar-refractivity contribution in [2.45, 2.75) is 77.1 Å². The summed E-state index contributed by atoms with van der Waals surface area (Å²) in [4.78, 5) is 35.6. The first-order chi connectivity index (χ1) is 21.8. The predicted molar refractivity (Wildman–Crippen MR) is 189 cm³/mol. The van der Waals surface area contributed by atoms with Crippen molar-refractivity contribution in [3.8, 4) is 0 Å². The van der Waals surface area contributed by atoms with Crippen LogP contribution < -0.4 is 5.43 Å². The van der Waals surface area contributed by atoms with Crippen LogP contribution in [0.5, 0.6) is 0 Å². The SMILES string of the molecule is CC(C)(O)C(=O)c1ccccc1.CC(C)O.O=C(c1ccccc1)C1(O)CCCCC1.O=c1c2ccccc2sc2ccccc12. The van der Waals surface area contributed by atoms with Crippen molar-refractivity contribution >= 4 is 43.1 Å². The molecule has 1 fully saturated rings. The van der Waals surface area contributed by atoms with Crippen molar-refractivity contribution in [1.82, 2.24) is 0 Å². The number of ketones is 2. The number of benzene rings is 4. The fourth-order valence-corrected chi connectivity index (χ4v) is 5.99. The maximum Gasteiger partial charge on any atom is 0.195 e. The van der Waals surface area contributed by atoms with Gasteiger partial charge in [-0.1, -0.05) is 104 Å². The number of rotatable bonds is 4. The van der Waals surface area contributed by atoms with E-state index in [1.165, 1.54) is 13.8 Å². The van der Waals surface area contributed by atoms with E-state index in [2.05, 4.69) is 0 Å². The van der Waals surface area contributed by atoms with Crippen LogP contribution in [0.25, 0.3) is 20.2 Å². The Bertz CT molecular complexity index is 1690. The fourth-order valence-electron chi connectivity index (χ4n) is 4.91. The van der Waals surface area contributed by atoms with Crippen LogP contribution in [0, 0.1) is 0 Å². The average Bonchev–Trinajstić information content (AvgIpc) is 3.05. The van der Waals surface area contributed by atoms with Gasteiger partial charge in [0, 0.05) is 37.4 Å². The topological polar surface area (TPSA) is 112 Å². The van der Waals surface area contributed by atoms with E-state index in [1.807, 2.05) is 72.8 Å². The lowest BCUT2D eigenvalue weighted by Crippen LogP contribution is -2.40. The van der Waals surface area contributed by atoms with E-state index >= 15 is 0 Å². The molecule has 1 aromatic heterocycles. The molecule has 0 unspecified atom stereocenters. The molecular formula is C39H44O6S. The van der Waals surface area contributed by atoms with Crippen molar-refractivity contribution in [2.75, 3.05) is 0 Å². The van der Waals surface area contributed by atoms with Crippen molar-refractivity contribution in [1.29, 1.82) is 0 Å². The number of Topliss-reactive ketones (excluding diaryl/α,β-unsaturated/α-hetero) is 2. The maximum absolute atomic E-state index is 12.1. The molecule has 0 spiro atoms. The lowest BCUT2D eigenvalue weighted by molar-refractivity contribution is 0.0116. The highest BCUT2D eigenvalue weighted by molar-refractivity contribution is 7.24. The van der Waals surface area contributed by atoms with E-state index in [0.29, 0.717) is 24.0 Å². The Morgan fingerprint density at radius 2 is 1.09 bits per heavy atom. The van der Waals surface area contributed by atoms with Crippen LogP contribution in [0.1, 0.15) is 80.5 Å². The molecule has 46 heavy (non-hydrogen) atoms. The normalized spacial score (nSPS) is 13.7. The number of carbonyl (C=O) groups excluding carboxylic acids is 2. The average molecular weight is 641 g/mol. The Morgan fingerprint density at radius 1 is 0.696 bits per heavy atom. The molecule has 7 heteroatoms. The second-order valence-electron chi connectivity index (χ2n) is 12.1. The number of aliphatic hydroxyl groups excluding tert-OH is 1. The van der Waals surface area contributed by atoms with Gasteiger partial charge in [-0.25, -0.2) is 0 Å². The summed E-state index contributed by atoms with van der Waals surface area (Å²) in [6.45, 7) is 6.42. The molecule has 6 rings (SSSR count). The third kappa shape index (κ3) is 10.5. The van der Waals surface area contributed by atoms with Gasteiger partial charge in [0.25, 0.3) is 0 Å². The van der Waals surface area contributed by atoms with Gasteiger partial charge in [-0.05, 0) is 64.8 Å². The minimum Gasteiger partial charge on any atom is -0.394 e. The summed E-state index contributed by atoms with van der Waals surface area (Å²) in [5.74, 6) is -0.356. The zero-order chi connectivity index (χ0) is 33.7. The van der Waals surface area contributed by atoms with Crippen molar-refractivity contribution < 1.29 is 24.9 Å². The van der Waals surface area contributed by atoms with Gasteiger partial charge < -0.3 is 15.3 Å². The molecule has 0 radical (unpaired) electrons. The second-order valence-corrected chi connectivity index (χ2v) is 13.1. The predicted octanol–water partition coefficient (Wildman–Crippen LogP) is 8.01. The van der Waals surface area contributed by atoms with Crippen molar-refractivity contribution in [2.24, 2.45) is 0 Å². The lowest BCUT2D eigenvalue weighted by Gasteiger charge is -2.30. The van der Waals surface area contributed by atoms with Gasteiger partial charge in [-0.15, -0.1) is 11.3 Å². The molecule has 3 N–H and O–H groups in total. The van der Waals surface area contributed by atoms with Gasteiger partial charge in [-0.3, -0.25) is 14.4 Å². The standard InChI is InChI=1S/C13H16O2.C13H8OS.C10H12O2.C3H8O/c14-12(11-7-3-1-4-8-11)13(15)9-5-2-6-10-13;14-13-9-5-1-3-7-11(9)15-12-8-4-2-6-10(12)13;1-10(2,12)9(11)8-6-4-3-5-7-8;1-3(2)4/h1,3-4,7-8,15H,2,5-6,9-10H2;1-8H;3-7,12H,1-2H3;3-4H,1-2H3. The van der Waals surface area contributed by atoms with E-state index in [9.17, 15) is 24.6 Å². The molecule has 0 amide bonds. The van der Waals surface area contributed by atoms with E-state index in [-0.39, 0.29) is 23.1 Å². The molecule has 0 bridgehead atoms. The monoisotopic (exact) mass is 640 g/mol. The highest BCUT2D eigenvalue weighted by Crippen LogP contribution is 2.31. The molecule has 6 nitrogen and oxygen atoms in total. The fraction of sp³-hybridized carbons (Fsp3) is 0.308. The molecule has 242 valence electrons. The van der Waals surface area contributed by atoms with Crippen LogP contribution in [0.2, 0.25) is 0 Å². The minimum absolute atomic E-state index is 0.109. The molecule has 1 heterocycles. The van der Waals surface area contributed by atoms with Crippen LogP contribution in [-0.2, 0) is 0 Å². The Hall–Kier alpha value is -4.01. The first kappa shape index (κ1) is 36.5. The third-order valence-corrected chi connectivity index (χ3v) is 8.37. The summed E-state index contributed by atoms with van der Waals surface area (Å²) in [5.41, 5.74) is -1.06. The number of aliphatic hydroxyl groups is 3. The van der Waals surface area contributed by atoms with Gasteiger partial charge in [0.05, 0.1) is 0 Å². The third-order valence-electron chi connectivity index (χ3n) is 7.21. The zero-order valence-corrected chi connectivity index (χ0v) is 27.8. The largest absolute Gasteiger partial charge is 0.394 e. The molecule has 0 atom stereocenters. The lowest BCUT2D eigenvalue weighted by atomic mass is 9.79. The van der Waals surface area contributed by atoms with Crippen LogP contribution in [0.15, 0.2) is 114 Å². The van der Waals surface area contributed by atoms with Gasteiger partial charge in [0.2, 0.25) is 0 Å². The van der Waals surface area contributed by atoms with Crippen LogP contribution >= 0.6 is 11.3 Å². The Kier molecular flexibility index (Phi) is 13.5. The summed E-state index contributed by atoms with van der Waals surface area (Å²) in [7, 11) is 0. The molecule has 1 saturated carbocycles. The number of carbonyl (C=O) groups is 2. The van der Waals surface area contributed by atoms with Crippen molar-refractivity contribution in [3.05, 3.63) is 131 Å². The summed E-state index contributed by atoms with van der Waals surface area (Å²) >= 11 is 1.67. The molecule has 4 aromatic carbocycles. The molecule has 0 saturated heterocycles. The minimum atomic E-state index is -1.28. The van der Waals surface area contributed by atoms with E-state index in [4.69, 9.17) is 5.11 Å². The first-order valence-corrected chi connectivity index (χ1v) is 16.4. The zero-order valence-electron chi connectivity index (χ0n) is 27.0. The second kappa shape index (κ2) is 17.1. The van der Waals surface area contributed by atoms with E-state index in [0.717, 1.165) is 39.4 Å². The van der Waals surface area contributed by atoms with Crippen LogP contribution in [-0.4, -0.2) is 44.2 Å². The first-order valence-electron chi connectivity index (χ1n) is 15.6. The van der Waals surface area contributed by atoms with Crippen molar-refractivity contribution in [3.63, 3.8) is 0 Å². The van der Waals surface area contributed by atoms with Gasteiger partial charge in [0.15, 0.2) is 17.0 Å². The quantitative estimate of drug-likeness (QED) is 0.136. The molecular weight excluding hydrogens is 596 g/mol. The molecule has 1 aliphatic carbocycles. The number of hydrogen-bond acceptors (Lipinski definition) is 7. The summed E-state index contributed by atoms with van der Waals surface area (Å²) < 4.78 is 2.11. The summed E-state index contributed by atoms with van der Waals surface area (Å²) in [6.07, 6.45) is 4.09. The highest BCUT2D eigenvalue weighted by Gasteiger charge is 2.37. The van der Waals surface area contributed by atoms with Gasteiger partial charge in [-0.2, -0.15) is 0 Å². The summed E-state index contributed by atoms with van der Waals surface area (Å²) in [6, 6.07) is 33.4. The Labute approximate surface area is 275 Å². The van der Waals surface area contributed by atoms with E-state index in [1.54, 1.807) is 61.6 Å². The Balaban J connectivity index is 0.000000179. The Morgan fingerprint density at radius 3 is 1.52 bits per heavy atom. The maximum atomic E-state index is 12.1. The highest BCUT2D eigenvalue weighted by atomic mass is 32.1.